The molecule has 0 unspecified atom stereocenters. The summed E-state index contributed by atoms with van der Waals surface area (Å²) in [4.78, 5) is 16.8. The molecular weight excluding hydrogens is 344 g/mol. The zero-order valence-corrected chi connectivity index (χ0v) is 15.5. The Morgan fingerprint density at radius 1 is 1.08 bits per heavy atom. The molecule has 2 aromatic carbocycles. The Balaban J connectivity index is 1.50. The number of fused-ring (bicyclic) bond motifs is 3. The maximum Gasteiger partial charge on any atom is 0.211 e. The summed E-state index contributed by atoms with van der Waals surface area (Å²) in [6.45, 7) is 2.04. The summed E-state index contributed by atoms with van der Waals surface area (Å²) in [5.74, 6) is 0.491. The van der Waals surface area contributed by atoms with Crippen molar-refractivity contribution in [3.05, 3.63) is 59.7 Å². The molecule has 130 valence electrons. The van der Waals surface area contributed by atoms with E-state index < -0.39 is 0 Å². The molecule has 2 aromatic heterocycles. The number of aryl methyl sites for hydroxylation is 2. The van der Waals surface area contributed by atoms with E-state index in [2.05, 4.69) is 15.2 Å². The molecule has 0 bridgehead atoms. The summed E-state index contributed by atoms with van der Waals surface area (Å²) in [7, 11) is 1.97. The standard InChI is InChI=1S/C20H18N4OS/c1-13-7-9-14(10-8-13)11-15(25)12-26-20-21-19-18(22-23-20)16-5-3-4-6-17(16)24(19)2/h3-10H,11-12H2,1-2H3. The van der Waals surface area contributed by atoms with E-state index in [4.69, 9.17) is 0 Å². The molecule has 6 heteroatoms. The second-order valence-corrected chi connectivity index (χ2v) is 7.27. The van der Waals surface area contributed by atoms with Crippen molar-refractivity contribution in [1.29, 1.82) is 0 Å². The lowest BCUT2D eigenvalue weighted by atomic mass is 10.1. The fraction of sp³-hybridized carbons (Fsp3) is 0.200. The van der Waals surface area contributed by atoms with Crippen LogP contribution in [0.3, 0.4) is 0 Å². The van der Waals surface area contributed by atoms with Gasteiger partial charge in [-0.15, -0.1) is 10.2 Å². The van der Waals surface area contributed by atoms with Crippen LogP contribution in [0, 0.1) is 6.92 Å². The van der Waals surface area contributed by atoms with E-state index in [1.165, 1.54) is 17.3 Å². The first-order chi connectivity index (χ1) is 12.6. The number of nitrogens with zero attached hydrogens (tertiary/aromatic N) is 4. The molecule has 0 aliphatic carbocycles. The number of hydrogen-bond donors (Lipinski definition) is 0. The van der Waals surface area contributed by atoms with Crippen LogP contribution in [0.4, 0.5) is 0 Å². The highest BCUT2D eigenvalue weighted by Crippen LogP contribution is 2.25. The molecule has 0 N–H and O–H groups in total. The van der Waals surface area contributed by atoms with Crippen molar-refractivity contribution in [3.63, 3.8) is 0 Å². The number of hydrogen-bond acceptors (Lipinski definition) is 5. The van der Waals surface area contributed by atoms with Crippen molar-refractivity contribution in [2.45, 2.75) is 18.5 Å². The van der Waals surface area contributed by atoms with Crippen molar-refractivity contribution >= 4 is 39.6 Å². The first kappa shape index (κ1) is 16.7. The van der Waals surface area contributed by atoms with Gasteiger partial charge in [-0.25, -0.2) is 4.98 Å². The Bertz CT molecular complexity index is 1100. The smallest absolute Gasteiger partial charge is 0.211 e. The summed E-state index contributed by atoms with van der Waals surface area (Å²) in [6.07, 6.45) is 0.428. The summed E-state index contributed by atoms with van der Waals surface area (Å²) < 4.78 is 2.01. The van der Waals surface area contributed by atoms with Gasteiger partial charge in [0.2, 0.25) is 5.16 Å². The van der Waals surface area contributed by atoms with Gasteiger partial charge in [0.15, 0.2) is 5.65 Å². The van der Waals surface area contributed by atoms with Gasteiger partial charge >= 0.3 is 0 Å². The molecule has 26 heavy (non-hydrogen) atoms. The lowest BCUT2D eigenvalue weighted by Crippen LogP contribution is -2.06. The van der Waals surface area contributed by atoms with Crippen molar-refractivity contribution in [3.8, 4) is 0 Å². The first-order valence-electron chi connectivity index (χ1n) is 8.40. The Hall–Kier alpha value is -2.73. The Labute approximate surface area is 155 Å². The minimum Gasteiger partial charge on any atom is -0.327 e. The Morgan fingerprint density at radius 3 is 2.65 bits per heavy atom. The van der Waals surface area contributed by atoms with E-state index >= 15 is 0 Å². The maximum absolute atomic E-state index is 12.2. The van der Waals surface area contributed by atoms with Crippen molar-refractivity contribution in [1.82, 2.24) is 19.7 Å². The molecule has 4 aromatic rings. The van der Waals surface area contributed by atoms with E-state index in [-0.39, 0.29) is 5.78 Å². The van der Waals surface area contributed by atoms with Crippen LogP contribution >= 0.6 is 11.8 Å². The summed E-state index contributed by atoms with van der Waals surface area (Å²) in [5, 5.41) is 10.1. The van der Waals surface area contributed by atoms with Crippen LogP contribution in [0.2, 0.25) is 0 Å². The fourth-order valence-corrected chi connectivity index (χ4v) is 3.62. The second kappa shape index (κ2) is 6.88. The van der Waals surface area contributed by atoms with Crippen LogP contribution in [-0.2, 0) is 18.3 Å². The number of rotatable bonds is 5. The zero-order valence-electron chi connectivity index (χ0n) is 14.6. The molecule has 0 fully saturated rings. The quantitative estimate of drug-likeness (QED) is 0.506. The second-order valence-electron chi connectivity index (χ2n) is 6.33. The molecule has 0 radical (unpaired) electrons. The maximum atomic E-state index is 12.2. The van der Waals surface area contributed by atoms with E-state index in [1.54, 1.807) is 0 Å². The van der Waals surface area contributed by atoms with Crippen LogP contribution < -0.4 is 0 Å². The van der Waals surface area contributed by atoms with E-state index in [1.807, 2.05) is 67.1 Å². The lowest BCUT2D eigenvalue weighted by Gasteiger charge is -2.02. The minimum absolute atomic E-state index is 0.152. The largest absolute Gasteiger partial charge is 0.327 e. The first-order valence-corrected chi connectivity index (χ1v) is 9.38. The predicted octanol–water partition coefficient (Wildman–Crippen LogP) is 3.73. The van der Waals surface area contributed by atoms with Crippen LogP contribution in [0.25, 0.3) is 22.1 Å². The van der Waals surface area contributed by atoms with Gasteiger partial charge in [0, 0.05) is 18.9 Å². The summed E-state index contributed by atoms with van der Waals surface area (Å²) in [5.41, 5.74) is 4.87. The minimum atomic E-state index is 0.152. The highest BCUT2D eigenvalue weighted by Gasteiger charge is 2.13. The van der Waals surface area contributed by atoms with Crippen molar-refractivity contribution in [2.24, 2.45) is 7.05 Å². The van der Waals surface area contributed by atoms with Crippen molar-refractivity contribution in [2.75, 3.05) is 5.75 Å². The average molecular weight is 362 g/mol. The highest BCUT2D eigenvalue weighted by atomic mass is 32.2. The van der Waals surface area contributed by atoms with Gasteiger partial charge in [-0.3, -0.25) is 4.79 Å². The molecule has 0 atom stereocenters. The molecular formula is C20H18N4OS. The third-order valence-corrected chi connectivity index (χ3v) is 5.27. The van der Waals surface area contributed by atoms with Crippen LogP contribution in [0.15, 0.2) is 53.7 Å². The number of carbonyl (C=O) groups excluding carboxylic acids is 1. The van der Waals surface area contributed by atoms with Gasteiger partial charge in [-0.1, -0.05) is 59.8 Å². The topological polar surface area (TPSA) is 60.7 Å². The van der Waals surface area contributed by atoms with Crippen molar-refractivity contribution < 1.29 is 4.79 Å². The monoisotopic (exact) mass is 362 g/mol. The molecule has 0 amide bonds. The molecule has 0 aliphatic heterocycles. The van der Waals surface area contributed by atoms with Crippen LogP contribution in [0.1, 0.15) is 11.1 Å². The molecule has 0 saturated heterocycles. The molecule has 0 aliphatic rings. The van der Waals surface area contributed by atoms with Gasteiger partial charge in [0.25, 0.3) is 0 Å². The van der Waals surface area contributed by atoms with Gasteiger partial charge in [-0.2, -0.15) is 0 Å². The van der Waals surface area contributed by atoms with E-state index in [0.29, 0.717) is 17.3 Å². The van der Waals surface area contributed by atoms with E-state index in [9.17, 15) is 4.79 Å². The number of carbonyl (C=O) groups is 1. The average Bonchev–Trinajstić information content (AvgIpc) is 2.94. The third-order valence-electron chi connectivity index (χ3n) is 4.37. The zero-order chi connectivity index (χ0) is 18.1. The number of benzene rings is 2. The SMILES string of the molecule is Cc1ccc(CC(=O)CSc2nnc3c4ccccc4n(C)c3n2)cc1. The Kier molecular flexibility index (Phi) is 4.42. The third kappa shape index (κ3) is 3.20. The van der Waals surface area contributed by atoms with E-state index in [0.717, 1.165) is 27.6 Å². The van der Waals surface area contributed by atoms with Crippen LogP contribution in [-0.4, -0.2) is 31.3 Å². The Morgan fingerprint density at radius 2 is 1.85 bits per heavy atom. The highest BCUT2D eigenvalue weighted by molar-refractivity contribution is 7.99. The fourth-order valence-electron chi connectivity index (χ4n) is 2.98. The van der Waals surface area contributed by atoms with Crippen LogP contribution in [0.5, 0.6) is 0 Å². The summed E-state index contributed by atoms with van der Waals surface area (Å²) in [6, 6.07) is 16.1. The van der Waals surface area contributed by atoms with Gasteiger partial charge in [-0.05, 0) is 18.6 Å². The van der Waals surface area contributed by atoms with Gasteiger partial charge in [0.1, 0.15) is 11.3 Å². The molecule has 0 spiro atoms. The number of thioether (sulfide) groups is 1. The predicted molar refractivity (Wildman–Crippen MR) is 104 cm³/mol. The lowest BCUT2D eigenvalue weighted by molar-refractivity contribution is -0.116. The number of ketones is 1. The van der Waals surface area contributed by atoms with Gasteiger partial charge < -0.3 is 4.57 Å². The molecule has 0 saturated carbocycles. The number of aromatic nitrogens is 4. The molecule has 5 nitrogen and oxygen atoms in total. The normalized spacial score (nSPS) is 11.3. The number of Topliss-reactive ketones (excluding diaryl/α,β-unsaturated/α-hetero) is 1. The molecule has 2 heterocycles. The number of para-hydroxylation sites is 1. The molecule has 4 rings (SSSR count). The summed E-state index contributed by atoms with van der Waals surface area (Å²) >= 11 is 1.34. The van der Waals surface area contributed by atoms with Gasteiger partial charge in [0.05, 0.1) is 11.3 Å².